The highest BCUT2D eigenvalue weighted by Crippen LogP contribution is 2.12. The van der Waals surface area contributed by atoms with Gasteiger partial charge in [-0.05, 0) is 29.8 Å². The summed E-state index contributed by atoms with van der Waals surface area (Å²) in [6.45, 7) is 0.0367. The maximum absolute atomic E-state index is 12.1. The van der Waals surface area contributed by atoms with E-state index < -0.39 is 22.8 Å². The topological polar surface area (TPSA) is 120 Å². The normalized spacial score (nSPS) is 11.6. The Hall–Kier alpha value is -3.75. The number of hydrogen-bond donors (Lipinski definition) is 1. The van der Waals surface area contributed by atoms with Gasteiger partial charge in [0.1, 0.15) is 6.61 Å². The lowest BCUT2D eigenvalue weighted by molar-refractivity contribution is -0.384. The van der Waals surface area contributed by atoms with Crippen molar-refractivity contribution in [3.8, 4) is 0 Å². The van der Waals surface area contributed by atoms with Crippen LogP contribution in [-0.4, -0.2) is 36.2 Å². The summed E-state index contributed by atoms with van der Waals surface area (Å²) in [7, 11) is 1.19. The van der Waals surface area contributed by atoms with Gasteiger partial charge in [0.15, 0.2) is 6.04 Å². The molecule has 9 heteroatoms. The van der Waals surface area contributed by atoms with Crippen molar-refractivity contribution in [2.45, 2.75) is 12.6 Å². The molecule has 0 radical (unpaired) electrons. The molecule has 0 spiro atoms. The molecule has 2 aromatic carbocycles. The molecule has 1 atom stereocenters. The van der Waals surface area contributed by atoms with Gasteiger partial charge in [0.25, 0.3) is 11.6 Å². The molecule has 0 fully saturated rings. The molecular formula is C18H17N3O6. The van der Waals surface area contributed by atoms with Gasteiger partial charge < -0.3 is 14.9 Å². The van der Waals surface area contributed by atoms with Gasteiger partial charge in [-0.3, -0.25) is 14.9 Å². The second-order valence-electron chi connectivity index (χ2n) is 5.29. The van der Waals surface area contributed by atoms with E-state index in [2.05, 4.69) is 15.2 Å². The number of hydrogen-bond acceptors (Lipinski definition) is 7. The zero-order chi connectivity index (χ0) is 19.6. The van der Waals surface area contributed by atoms with E-state index in [4.69, 9.17) is 4.84 Å². The lowest BCUT2D eigenvalue weighted by Crippen LogP contribution is -2.42. The number of nitrogens with one attached hydrogen (secondary N) is 1. The molecule has 1 N–H and O–H groups in total. The predicted molar refractivity (Wildman–Crippen MR) is 96.1 cm³/mol. The number of carbonyl (C=O) groups is 2. The summed E-state index contributed by atoms with van der Waals surface area (Å²) in [5.41, 5.74) is 1.00. The van der Waals surface area contributed by atoms with Crippen LogP contribution < -0.4 is 5.32 Å². The van der Waals surface area contributed by atoms with Crippen LogP contribution in [0.4, 0.5) is 5.69 Å². The maximum atomic E-state index is 12.1. The van der Waals surface area contributed by atoms with Crippen molar-refractivity contribution in [2.75, 3.05) is 7.11 Å². The second kappa shape index (κ2) is 9.66. The summed E-state index contributed by atoms with van der Waals surface area (Å²) >= 11 is 0. The SMILES string of the molecule is COC(=O)[C@H](/C=N\OCc1ccc([N+](=O)[O-])cc1)NC(=O)c1ccccc1. The monoisotopic (exact) mass is 371 g/mol. The first kappa shape index (κ1) is 19.6. The standard InChI is InChI=1S/C18H17N3O6/c1-26-18(23)16(20-17(22)14-5-3-2-4-6-14)11-19-27-12-13-7-9-15(10-8-13)21(24)25/h2-11,16H,12H2,1H3,(H,20,22)/b19-11-/t16-/m0/s1. The van der Waals surface area contributed by atoms with Crippen LogP contribution in [0.2, 0.25) is 0 Å². The average molecular weight is 371 g/mol. The summed E-state index contributed by atoms with van der Waals surface area (Å²) in [5, 5.41) is 16.8. The quantitative estimate of drug-likeness (QED) is 0.328. The number of benzene rings is 2. The summed E-state index contributed by atoms with van der Waals surface area (Å²) in [5.74, 6) is -1.17. The molecule has 0 aliphatic carbocycles. The number of esters is 1. The van der Waals surface area contributed by atoms with Gasteiger partial charge in [0.2, 0.25) is 0 Å². The molecule has 0 aliphatic rings. The van der Waals surface area contributed by atoms with E-state index in [1.54, 1.807) is 30.3 Å². The summed E-state index contributed by atoms with van der Waals surface area (Å²) < 4.78 is 4.64. The zero-order valence-electron chi connectivity index (χ0n) is 14.4. The smallest absolute Gasteiger partial charge is 0.334 e. The Morgan fingerprint density at radius 3 is 2.44 bits per heavy atom. The minimum absolute atomic E-state index is 0.0309. The van der Waals surface area contributed by atoms with E-state index in [9.17, 15) is 19.7 Å². The first-order valence-corrected chi connectivity index (χ1v) is 7.84. The lowest BCUT2D eigenvalue weighted by Gasteiger charge is -2.12. The van der Waals surface area contributed by atoms with Crippen LogP contribution in [0.3, 0.4) is 0 Å². The van der Waals surface area contributed by atoms with Crippen molar-refractivity contribution in [1.82, 2.24) is 5.32 Å². The van der Waals surface area contributed by atoms with E-state index in [-0.39, 0.29) is 12.3 Å². The highest BCUT2D eigenvalue weighted by molar-refractivity contribution is 6.02. The van der Waals surface area contributed by atoms with E-state index in [0.717, 1.165) is 6.21 Å². The van der Waals surface area contributed by atoms with Gasteiger partial charge in [-0.2, -0.15) is 0 Å². The third-order valence-corrected chi connectivity index (χ3v) is 3.44. The molecular weight excluding hydrogens is 354 g/mol. The molecule has 9 nitrogen and oxygen atoms in total. The highest BCUT2D eigenvalue weighted by atomic mass is 16.6. The minimum atomic E-state index is -1.13. The number of ether oxygens (including phenoxy) is 1. The second-order valence-corrected chi connectivity index (χ2v) is 5.29. The van der Waals surface area contributed by atoms with Gasteiger partial charge in [0.05, 0.1) is 18.2 Å². The minimum Gasteiger partial charge on any atom is -0.467 e. The third kappa shape index (κ3) is 5.92. The van der Waals surface area contributed by atoms with Crippen molar-refractivity contribution in [3.05, 3.63) is 75.8 Å². The highest BCUT2D eigenvalue weighted by Gasteiger charge is 2.20. The number of nitro benzene ring substituents is 1. The largest absolute Gasteiger partial charge is 0.467 e. The number of nitro groups is 1. The first-order valence-electron chi connectivity index (χ1n) is 7.84. The molecule has 1 amide bonds. The molecule has 2 rings (SSSR count). The Morgan fingerprint density at radius 1 is 1.19 bits per heavy atom. The van der Waals surface area contributed by atoms with Crippen molar-refractivity contribution in [1.29, 1.82) is 0 Å². The number of rotatable bonds is 8. The fourth-order valence-electron chi connectivity index (χ4n) is 2.03. The van der Waals surface area contributed by atoms with Crippen LogP contribution >= 0.6 is 0 Å². The van der Waals surface area contributed by atoms with Crippen molar-refractivity contribution >= 4 is 23.8 Å². The molecule has 0 aliphatic heterocycles. The maximum Gasteiger partial charge on any atom is 0.334 e. The number of oxime groups is 1. The van der Waals surface area contributed by atoms with Crippen LogP contribution in [0.25, 0.3) is 0 Å². The Labute approximate surface area is 154 Å². The first-order chi connectivity index (χ1) is 13.0. The number of carbonyl (C=O) groups excluding carboxylic acids is 2. The van der Waals surface area contributed by atoms with Crippen molar-refractivity contribution in [2.24, 2.45) is 5.16 Å². The molecule has 140 valence electrons. The van der Waals surface area contributed by atoms with Gasteiger partial charge in [-0.1, -0.05) is 23.4 Å². The molecule has 0 aromatic heterocycles. The predicted octanol–water partition coefficient (Wildman–Crippen LogP) is 2.07. The Bertz CT molecular complexity index is 821. The number of nitrogens with zero attached hydrogens (tertiary/aromatic N) is 2. The molecule has 0 bridgehead atoms. The van der Waals surface area contributed by atoms with Gasteiger partial charge in [-0.15, -0.1) is 0 Å². The molecule has 0 saturated carbocycles. The number of non-ortho nitro benzene ring substituents is 1. The van der Waals surface area contributed by atoms with Gasteiger partial charge >= 0.3 is 5.97 Å². The molecule has 0 heterocycles. The number of methoxy groups -OCH3 is 1. The third-order valence-electron chi connectivity index (χ3n) is 3.44. The van der Waals surface area contributed by atoms with Crippen LogP contribution in [0, 0.1) is 10.1 Å². The Morgan fingerprint density at radius 2 is 1.85 bits per heavy atom. The van der Waals surface area contributed by atoms with Crippen LogP contribution in [0.1, 0.15) is 15.9 Å². The van der Waals surface area contributed by atoms with Crippen LogP contribution in [-0.2, 0) is 21.0 Å². The molecule has 27 heavy (non-hydrogen) atoms. The zero-order valence-corrected chi connectivity index (χ0v) is 14.4. The molecule has 2 aromatic rings. The summed E-state index contributed by atoms with van der Waals surface area (Å²) in [6.07, 6.45) is 1.11. The lowest BCUT2D eigenvalue weighted by atomic mass is 10.2. The Balaban J connectivity index is 1.94. The van der Waals surface area contributed by atoms with E-state index in [1.165, 1.54) is 31.4 Å². The fourth-order valence-corrected chi connectivity index (χ4v) is 2.03. The summed E-state index contributed by atoms with van der Waals surface area (Å²) in [6, 6.07) is 13.0. The summed E-state index contributed by atoms with van der Waals surface area (Å²) in [4.78, 5) is 39.1. The Kier molecular flexibility index (Phi) is 7.00. The molecule has 0 saturated heterocycles. The van der Waals surface area contributed by atoms with Crippen LogP contribution in [0.5, 0.6) is 0 Å². The van der Waals surface area contributed by atoms with Gasteiger partial charge in [-0.25, -0.2) is 4.79 Å². The number of amides is 1. The van der Waals surface area contributed by atoms with E-state index in [1.807, 2.05) is 0 Å². The van der Waals surface area contributed by atoms with Crippen molar-refractivity contribution in [3.63, 3.8) is 0 Å². The van der Waals surface area contributed by atoms with Crippen LogP contribution in [0.15, 0.2) is 59.8 Å². The van der Waals surface area contributed by atoms with E-state index in [0.29, 0.717) is 11.1 Å². The van der Waals surface area contributed by atoms with E-state index >= 15 is 0 Å². The average Bonchev–Trinajstić information content (AvgIpc) is 2.70. The van der Waals surface area contributed by atoms with Gasteiger partial charge in [0, 0.05) is 17.7 Å². The van der Waals surface area contributed by atoms with Crippen molar-refractivity contribution < 1.29 is 24.1 Å². The fraction of sp³-hybridized carbons (Fsp3) is 0.167. The molecule has 0 unspecified atom stereocenters.